The molecule has 0 aliphatic rings. The second-order valence-electron chi connectivity index (χ2n) is 7.45. The molecule has 0 amide bonds. The molecule has 4 rings (SSSR count). The van der Waals surface area contributed by atoms with Crippen LogP contribution in [0.3, 0.4) is 0 Å². The van der Waals surface area contributed by atoms with Gasteiger partial charge in [-0.2, -0.15) is 0 Å². The molecular weight excluding hydrogens is 453 g/mol. The van der Waals surface area contributed by atoms with E-state index in [4.69, 9.17) is 11.6 Å². The molecule has 0 spiro atoms. The molecule has 8 heteroatoms. The van der Waals surface area contributed by atoms with Crippen molar-refractivity contribution in [2.75, 3.05) is 0 Å². The maximum absolute atomic E-state index is 14.0. The Labute approximate surface area is 189 Å². The Morgan fingerprint density at radius 1 is 1.06 bits per heavy atom. The molecule has 32 heavy (non-hydrogen) atoms. The Morgan fingerprint density at radius 3 is 2.44 bits per heavy atom. The number of carbonyl (C=O) groups is 1. The second kappa shape index (κ2) is 8.41. The highest BCUT2D eigenvalue weighted by molar-refractivity contribution is 7.91. The molecule has 0 saturated heterocycles. The summed E-state index contributed by atoms with van der Waals surface area (Å²) in [4.78, 5) is 11.6. The number of halogens is 2. The number of hydrogen-bond acceptors (Lipinski definition) is 3. The summed E-state index contributed by atoms with van der Waals surface area (Å²) in [7, 11) is -3.83. The van der Waals surface area contributed by atoms with Crippen molar-refractivity contribution in [1.29, 1.82) is 0 Å². The van der Waals surface area contributed by atoms with Gasteiger partial charge in [-0.3, -0.25) is 4.79 Å². The fourth-order valence-corrected chi connectivity index (χ4v) is 5.55. The number of hydrogen-bond donors (Lipinski definition) is 1. The van der Waals surface area contributed by atoms with Crippen LogP contribution < -0.4 is 0 Å². The SMILES string of the molecule is Cc1c(Cc2ccccc2S(=O)(=O)c2ccc(Cl)cc2)c2cc(F)ccc2n1CC(=O)O. The van der Waals surface area contributed by atoms with Crippen LogP contribution >= 0.6 is 11.6 Å². The Bertz CT molecular complexity index is 1440. The van der Waals surface area contributed by atoms with Crippen LogP contribution in [0, 0.1) is 12.7 Å². The van der Waals surface area contributed by atoms with Gasteiger partial charge in [0.2, 0.25) is 9.84 Å². The smallest absolute Gasteiger partial charge is 0.323 e. The van der Waals surface area contributed by atoms with Gasteiger partial charge in [0.1, 0.15) is 12.4 Å². The third-order valence-corrected chi connectivity index (χ3v) is 7.58. The van der Waals surface area contributed by atoms with E-state index in [1.54, 1.807) is 35.8 Å². The molecule has 0 atom stereocenters. The van der Waals surface area contributed by atoms with Crippen LogP contribution in [0.15, 0.2) is 76.5 Å². The lowest BCUT2D eigenvalue weighted by atomic mass is 10.0. The van der Waals surface area contributed by atoms with E-state index in [9.17, 15) is 22.7 Å². The predicted molar refractivity (Wildman–Crippen MR) is 120 cm³/mol. The van der Waals surface area contributed by atoms with E-state index in [1.165, 1.54) is 42.5 Å². The monoisotopic (exact) mass is 471 g/mol. The fourth-order valence-electron chi connectivity index (χ4n) is 3.93. The third kappa shape index (κ3) is 4.01. The van der Waals surface area contributed by atoms with Crippen molar-refractivity contribution in [2.45, 2.75) is 29.7 Å². The van der Waals surface area contributed by atoms with E-state index in [2.05, 4.69) is 0 Å². The lowest BCUT2D eigenvalue weighted by Gasteiger charge is -2.12. The van der Waals surface area contributed by atoms with Crippen molar-refractivity contribution < 1.29 is 22.7 Å². The maximum atomic E-state index is 14.0. The molecule has 1 N–H and O–H groups in total. The molecule has 0 bridgehead atoms. The van der Waals surface area contributed by atoms with Crippen molar-refractivity contribution in [3.8, 4) is 0 Å². The number of carboxylic acids is 1. The summed E-state index contributed by atoms with van der Waals surface area (Å²) >= 11 is 5.90. The normalized spacial score (nSPS) is 11.7. The number of benzene rings is 3. The zero-order valence-electron chi connectivity index (χ0n) is 17.0. The number of sulfone groups is 1. The molecule has 1 aromatic heterocycles. The predicted octanol–water partition coefficient (Wildman–Crippen LogP) is 5.25. The molecule has 164 valence electrons. The summed E-state index contributed by atoms with van der Waals surface area (Å²) in [5, 5.41) is 10.3. The van der Waals surface area contributed by atoms with Crippen molar-refractivity contribution in [1.82, 2.24) is 4.57 Å². The van der Waals surface area contributed by atoms with Crippen LogP contribution in [0.5, 0.6) is 0 Å². The third-order valence-electron chi connectivity index (χ3n) is 5.46. The number of aliphatic carboxylic acids is 1. The molecule has 1 heterocycles. The van der Waals surface area contributed by atoms with Crippen molar-refractivity contribution in [2.24, 2.45) is 0 Å². The standard InChI is InChI=1S/C24H19ClFNO4S/c1-15-20(21-13-18(26)8-11-22(21)27(15)14-24(28)29)12-16-4-2-3-5-23(16)32(30,31)19-9-6-17(25)7-10-19/h2-11,13H,12,14H2,1H3,(H,28,29). The average molecular weight is 472 g/mol. The van der Waals surface area contributed by atoms with Gasteiger partial charge in [-0.05, 0) is 66.6 Å². The highest BCUT2D eigenvalue weighted by Crippen LogP contribution is 2.32. The first kappa shape index (κ1) is 22.0. The lowest BCUT2D eigenvalue weighted by Crippen LogP contribution is -2.10. The maximum Gasteiger partial charge on any atom is 0.323 e. The van der Waals surface area contributed by atoms with Crippen LogP contribution in [-0.2, 0) is 27.6 Å². The second-order valence-corrected chi connectivity index (χ2v) is 9.80. The summed E-state index contributed by atoms with van der Waals surface area (Å²) in [6.45, 7) is 1.48. The van der Waals surface area contributed by atoms with Gasteiger partial charge >= 0.3 is 5.97 Å². The number of nitrogens with zero attached hydrogens (tertiary/aromatic N) is 1. The van der Waals surface area contributed by atoms with E-state index >= 15 is 0 Å². The first-order valence-electron chi connectivity index (χ1n) is 9.76. The molecule has 0 fully saturated rings. The van der Waals surface area contributed by atoms with Gasteiger partial charge in [0.15, 0.2) is 0 Å². The van der Waals surface area contributed by atoms with Crippen LogP contribution in [0.25, 0.3) is 10.9 Å². The Balaban J connectivity index is 1.86. The number of rotatable bonds is 6. The van der Waals surface area contributed by atoms with E-state index in [0.717, 1.165) is 0 Å². The quantitative estimate of drug-likeness (QED) is 0.416. The zero-order valence-corrected chi connectivity index (χ0v) is 18.6. The largest absolute Gasteiger partial charge is 0.480 e. The van der Waals surface area contributed by atoms with E-state index < -0.39 is 21.6 Å². The van der Waals surface area contributed by atoms with E-state index in [0.29, 0.717) is 32.7 Å². The molecule has 0 unspecified atom stereocenters. The summed E-state index contributed by atoms with van der Waals surface area (Å²) in [5.41, 5.74) is 2.44. The molecule has 0 aliphatic carbocycles. The van der Waals surface area contributed by atoms with Crippen molar-refractivity contribution in [3.63, 3.8) is 0 Å². The molecule has 0 saturated carbocycles. The molecule has 0 radical (unpaired) electrons. The van der Waals surface area contributed by atoms with Crippen LogP contribution in [0.4, 0.5) is 4.39 Å². The molecule has 0 aliphatic heterocycles. The Kier molecular flexibility index (Phi) is 5.79. The lowest BCUT2D eigenvalue weighted by molar-refractivity contribution is -0.137. The molecule has 4 aromatic rings. The van der Waals surface area contributed by atoms with Gasteiger partial charge in [0, 0.05) is 28.0 Å². The van der Waals surface area contributed by atoms with E-state index in [-0.39, 0.29) is 22.8 Å². The summed E-state index contributed by atoms with van der Waals surface area (Å²) in [6.07, 6.45) is 0.196. The van der Waals surface area contributed by atoms with Gasteiger partial charge in [0.25, 0.3) is 0 Å². The van der Waals surface area contributed by atoms with Crippen molar-refractivity contribution >= 4 is 38.3 Å². The highest BCUT2D eigenvalue weighted by Gasteiger charge is 2.23. The first-order chi connectivity index (χ1) is 15.2. The first-order valence-corrected chi connectivity index (χ1v) is 11.6. The van der Waals surface area contributed by atoms with Gasteiger partial charge in [-0.1, -0.05) is 29.8 Å². The summed E-state index contributed by atoms with van der Waals surface area (Å²) in [5.74, 6) is -1.47. The topological polar surface area (TPSA) is 76.4 Å². The number of aromatic nitrogens is 1. The Morgan fingerprint density at radius 2 is 1.75 bits per heavy atom. The van der Waals surface area contributed by atoms with Gasteiger partial charge in [-0.25, -0.2) is 12.8 Å². The number of fused-ring (bicyclic) bond motifs is 1. The average Bonchev–Trinajstić information content (AvgIpc) is 2.99. The Hall–Kier alpha value is -3.16. The van der Waals surface area contributed by atoms with Crippen LogP contribution in [0.1, 0.15) is 16.8 Å². The highest BCUT2D eigenvalue weighted by atomic mass is 35.5. The molecular formula is C24H19ClFNO4S. The zero-order chi connectivity index (χ0) is 23.0. The van der Waals surface area contributed by atoms with Gasteiger partial charge in [0.05, 0.1) is 9.79 Å². The van der Waals surface area contributed by atoms with Crippen LogP contribution in [-0.4, -0.2) is 24.1 Å². The minimum absolute atomic E-state index is 0.116. The van der Waals surface area contributed by atoms with Crippen LogP contribution in [0.2, 0.25) is 5.02 Å². The summed E-state index contributed by atoms with van der Waals surface area (Å²) in [6, 6.07) is 16.7. The van der Waals surface area contributed by atoms with Gasteiger partial charge < -0.3 is 9.67 Å². The van der Waals surface area contributed by atoms with Crippen molar-refractivity contribution in [3.05, 3.63) is 94.4 Å². The van der Waals surface area contributed by atoms with E-state index in [1.807, 2.05) is 0 Å². The minimum Gasteiger partial charge on any atom is -0.480 e. The fraction of sp³-hybridized carbons (Fsp3) is 0.125. The van der Waals surface area contributed by atoms with Gasteiger partial charge in [-0.15, -0.1) is 0 Å². The summed E-state index contributed by atoms with van der Waals surface area (Å²) < 4.78 is 42.3. The number of carboxylic acid groups (broad SMARTS) is 1. The minimum atomic E-state index is -3.83. The molecule has 3 aromatic carbocycles. The molecule has 5 nitrogen and oxygen atoms in total.